The van der Waals surface area contributed by atoms with Crippen LogP contribution in [0.4, 0.5) is 0 Å². The second kappa shape index (κ2) is 15.5. The van der Waals surface area contributed by atoms with Gasteiger partial charge in [0.05, 0.1) is 0 Å². The first-order valence-electron chi connectivity index (χ1n) is 11.8. The number of hydrogen-bond donors (Lipinski definition) is 0. The van der Waals surface area contributed by atoms with Crippen LogP contribution in [0.1, 0.15) is 103 Å². The van der Waals surface area contributed by atoms with Crippen molar-refractivity contribution in [1.82, 2.24) is 0 Å². The summed E-state index contributed by atoms with van der Waals surface area (Å²) in [4.78, 5) is 0. The van der Waals surface area contributed by atoms with Gasteiger partial charge in [-0.3, -0.25) is 0 Å². The minimum absolute atomic E-state index is 1.39. The first-order chi connectivity index (χ1) is 12.4. The molecule has 1 rings (SSSR count). The van der Waals surface area contributed by atoms with Crippen molar-refractivity contribution >= 4 is 44.7 Å². The molecule has 0 N–H and O–H groups in total. The summed E-state index contributed by atoms with van der Waals surface area (Å²) < 4.78 is 0. The van der Waals surface area contributed by atoms with Crippen LogP contribution in [-0.2, 0) is 0 Å². The van der Waals surface area contributed by atoms with Crippen LogP contribution in [0.2, 0.25) is 32.5 Å². The van der Waals surface area contributed by atoms with Gasteiger partial charge in [0.25, 0.3) is 0 Å². The molecule has 26 heavy (non-hydrogen) atoms. The van der Waals surface area contributed by atoms with Gasteiger partial charge in [0.1, 0.15) is 0 Å². The normalized spacial score (nSPS) is 33.7. The molecule has 1 fully saturated rings. The number of rotatable bonds is 0. The summed E-state index contributed by atoms with van der Waals surface area (Å²) >= 11 is -3.85. The minimum atomic E-state index is -1.92. The zero-order chi connectivity index (χ0) is 19.1. The Morgan fingerprint density at radius 1 is 0.346 bits per heavy atom. The van der Waals surface area contributed by atoms with E-state index in [-0.39, 0.29) is 0 Å². The molecule has 0 unspecified atom stereocenters. The Morgan fingerprint density at radius 2 is 0.500 bits per heavy atom. The fourth-order valence-corrected chi connectivity index (χ4v) is 16.5. The molecular weight excluding hydrogens is 480 g/mol. The van der Waals surface area contributed by atoms with Crippen molar-refractivity contribution in [2.45, 2.75) is 135 Å². The van der Waals surface area contributed by atoms with E-state index in [9.17, 15) is 0 Å². The third-order valence-corrected chi connectivity index (χ3v) is 21.9. The van der Waals surface area contributed by atoms with E-state index in [1.54, 1.807) is 0 Å². The van der Waals surface area contributed by atoms with Crippen molar-refractivity contribution in [2.24, 2.45) is 0 Å². The van der Waals surface area contributed by atoms with Crippen LogP contribution in [0.5, 0.6) is 0 Å². The SMILES string of the molecule is [CH3][Ge]1([Cl])[CH2]CCCCCCCC[CH2][Ge]([CH3])([Cl])[CH2]CCCCCCCC[CH2]1. The average Bonchev–Trinajstić information content (AvgIpc) is 2.57. The molecule has 0 aromatic heterocycles. The van der Waals surface area contributed by atoms with E-state index in [0.717, 1.165) is 0 Å². The Kier molecular flexibility index (Phi) is 15.3. The molecule has 0 amide bonds. The molecule has 0 spiro atoms. The van der Waals surface area contributed by atoms with Crippen LogP contribution in [0.15, 0.2) is 0 Å². The van der Waals surface area contributed by atoms with E-state index in [2.05, 4.69) is 11.5 Å². The van der Waals surface area contributed by atoms with Crippen LogP contribution >= 0.6 is 20.0 Å². The summed E-state index contributed by atoms with van der Waals surface area (Å²) in [7, 11) is 13.9. The van der Waals surface area contributed by atoms with E-state index in [1.807, 2.05) is 0 Å². The fourth-order valence-electron chi connectivity index (χ4n) is 4.35. The van der Waals surface area contributed by atoms with Crippen LogP contribution < -0.4 is 0 Å². The van der Waals surface area contributed by atoms with Gasteiger partial charge in [-0.05, 0) is 0 Å². The average molecular weight is 527 g/mol. The fraction of sp³-hybridized carbons (Fsp3) is 1.00. The van der Waals surface area contributed by atoms with Gasteiger partial charge in [0.2, 0.25) is 0 Å². The quantitative estimate of drug-likeness (QED) is 0.276. The second-order valence-electron chi connectivity index (χ2n) is 9.48. The predicted molar refractivity (Wildman–Crippen MR) is 128 cm³/mol. The summed E-state index contributed by atoms with van der Waals surface area (Å²) in [6.45, 7) is 0. The zero-order valence-electron chi connectivity index (χ0n) is 17.9. The van der Waals surface area contributed by atoms with Gasteiger partial charge < -0.3 is 0 Å². The van der Waals surface area contributed by atoms with Crippen molar-refractivity contribution in [3.8, 4) is 0 Å². The first kappa shape index (κ1) is 25.7. The summed E-state index contributed by atoms with van der Waals surface area (Å²) in [5, 5.41) is 5.56. The Balaban J connectivity index is 2.27. The Labute approximate surface area is 179 Å². The molecule has 0 saturated carbocycles. The van der Waals surface area contributed by atoms with Gasteiger partial charge in [-0.15, -0.1) is 0 Å². The molecule has 0 aromatic carbocycles. The molecule has 0 bridgehead atoms. The van der Waals surface area contributed by atoms with Gasteiger partial charge in [-0.25, -0.2) is 0 Å². The van der Waals surface area contributed by atoms with Gasteiger partial charge in [0.15, 0.2) is 0 Å². The van der Waals surface area contributed by atoms with E-state index in [4.69, 9.17) is 20.0 Å². The molecule has 0 nitrogen and oxygen atoms in total. The molecule has 1 aliphatic rings. The number of hydrogen-bond acceptors (Lipinski definition) is 0. The van der Waals surface area contributed by atoms with E-state index in [0.29, 0.717) is 0 Å². The van der Waals surface area contributed by atoms with E-state index in [1.165, 1.54) is 124 Å². The van der Waals surface area contributed by atoms with E-state index < -0.39 is 24.7 Å². The van der Waals surface area contributed by atoms with Crippen molar-refractivity contribution in [1.29, 1.82) is 0 Å². The summed E-state index contributed by atoms with van der Waals surface area (Å²) in [5.41, 5.74) is 0. The maximum atomic E-state index is 6.93. The van der Waals surface area contributed by atoms with Crippen LogP contribution in [0.25, 0.3) is 0 Å². The van der Waals surface area contributed by atoms with Crippen molar-refractivity contribution in [3.63, 3.8) is 0 Å². The second-order valence-corrected chi connectivity index (χ2v) is 35.0. The van der Waals surface area contributed by atoms with Crippen molar-refractivity contribution < 1.29 is 0 Å². The molecule has 1 saturated heterocycles. The Bertz CT molecular complexity index is 272. The van der Waals surface area contributed by atoms with Crippen LogP contribution in [0.3, 0.4) is 0 Å². The topological polar surface area (TPSA) is 0 Å². The molecule has 0 aromatic rings. The molecule has 4 heteroatoms. The summed E-state index contributed by atoms with van der Waals surface area (Å²) in [5.74, 6) is 4.91. The predicted octanol–water partition coefficient (Wildman–Crippen LogP) is 9.87. The van der Waals surface area contributed by atoms with Crippen LogP contribution in [0, 0.1) is 0 Å². The van der Waals surface area contributed by atoms with Crippen LogP contribution in [-0.4, -0.2) is 24.7 Å². The van der Waals surface area contributed by atoms with Gasteiger partial charge in [-0.2, -0.15) is 0 Å². The van der Waals surface area contributed by atoms with Gasteiger partial charge >= 0.3 is 180 Å². The molecule has 0 aliphatic carbocycles. The zero-order valence-corrected chi connectivity index (χ0v) is 23.6. The molecule has 156 valence electrons. The summed E-state index contributed by atoms with van der Waals surface area (Å²) in [6, 6.07) is 0. The maximum absolute atomic E-state index is 6.93. The molecule has 1 aliphatic heterocycles. The van der Waals surface area contributed by atoms with E-state index >= 15 is 0 Å². The number of halogens is 2. The first-order valence-corrected chi connectivity index (χ1v) is 27.4. The third kappa shape index (κ3) is 15.6. The monoisotopic (exact) mass is 528 g/mol. The Morgan fingerprint density at radius 3 is 0.692 bits per heavy atom. The molecule has 0 radical (unpaired) electrons. The molecule has 0 atom stereocenters. The van der Waals surface area contributed by atoms with Gasteiger partial charge in [0, 0.05) is 0 Å². The Hall–Kier alpha value is 1.67. The van der Waals surface area contributed by atoms with Crippen molar-refractivity contribution in [2.75, 3.05) is 0 Å². The van der Waals surface area contributed by atoms with Gasteiger partial charge in [-0.1, -0.05) is 0 Å². The summed E-state index contributed by atoms with van der Waals surface area (Å²) in [6.07, 6.45) is 22.7. The third-order valence-electron chi connectivity index (χ3n) is 6.29. The molecule has 1 heterocycles. The molecular formula is C22H46Cl2Ge2. The standard InChI is InChI=1S/C22H46Cl2Ge2/c1-25(23)19-15-11-7-3-5-9-13-17-21-26(2,24)22-18-14-10-6-4-8-12-16-20-25/h3-22H2,1-2H3. The van der Waals surface area contributed by atoms with Crippen molar-refractivity contribution in [3.05, 3.63) is 0 Å².